The average molecular weight is 225 g/mol. The van der Waals surface area contributed by atoms with Gasteiger partial charge in [0.1, 0.15) is 0 Å². The van der Waals surface area contributed by atoms with Crippen molar-refractivity contribution in [2.75, 3.05) is 6.54 Å². The van der Waals surface area contributed by atoms with Gasteiger partial charge in [0.05, 0.1) is 0 Å². The fourth-order valence-electron chi connectivity index (χ4n) is 2.23. The van der Waals surface area contributed by atoms with Gasteiger partial charge in [-0.15, -0.1) is 0 Å². The Kier molecular flexibility index (Phi) is 2.87. The van der Waals surface area contributed by atoms with Gasteiger partial charge in [-0.3, -0.25) is 14.5 Å². The Hall–Kier alpha value is -0.770. The molecule has 15 heavy (non-hydrogen) atoms. The first-order valence-electron chi connectivity index (χ1n) is 5.37. The van der Waals surface area contributed by atoms with Gasteiger partial charge in [0.25, 0.3) is 11.8 Å². The lowest BCUT2D eigenvalue weighted by Crippen LogP contribution is -2.35. The standard InChI is InChI=1S/C11H15NO2S/c1-7(15)6-12-10(13)8-4-2-3-5-9(8)11(12)14/h7,15H,2-6H2,1H3. The Bertz CT molecular complexity index is 318. The van der Waals surface area contributed by atoms with E-state index in [0.717, 1.165) is 36.8 Å². The first-order chi connectivity index (χ1) is 7.11. The van der Waals surface area contributed by atoms with Crippen LogP contribution < -0.4 is 0 Å². The summed E-state index contributed by atoms with van der Waals surface area (Å²) in [6.07, 6.45) is 3.61. The number of hydrogen-bond acceptors (Lipinski definition) is 3. The third kappa shape index (κ3) is 1.83. The Morgan fingerprint density at radius 3 is 2.07 bits per heavy atom. The van der Waals surface area contributed by atoms with Crippen molar-refractivity contribution in [1.82, 2.24) is 4.90 Å². The molecular weight excluding hydrogens is 210 g/mol. The fourth-order valence-corrected chi connectivity index (χ4v) is 2.39. The smallest absolute Gasteiger partial charge is 0.257 e. The highest BCUT2D eigenvalue weighted by atomic mass is 32.1. The number of carbonyl (C=O) groups is 2. The molecule has 1 unspecified atom stereocenters. The lowest BCUT2D eigenvalue weighted by molar-refractivity contribution is -0.137. The summed E-state index contributed by atoms with van der Waals surface area (Å²) in [6.45, 7) is 2.31. The van der Waals surface area contributed by atoms with E-state index in [9.17, 15) is 9.59 Å². The molecule has 2 aliphatic rings. The van der Waals surface area contributed by atoms with E-state index < -0.39 is 0 Å². The maximum Gasteiger partial charge on any atom is 0.257 e. The van der Waals surface area contributed by atoms with Crippen molar-refractivity contribution in [2.24, 2.45) is 0 Å². The molecule has 1 aliphatic carbocycles. The molecule has 1 atom stereocenters. The molecule has 0 bridgehead atoms. The number of thiol groups is 1. The molecule has 2 rings (SSSR count). The van der Waals surface area contributed by atoms with Crippen molar-refractivity contribution in [3.8, 4) is 0 Å². The SMILES string of the molecule is CC(S)CN1C(=O)C2=C(CCCC2)C1=O. The summed E-state index contributed by atoms with van der Waals surface area (Å²) >= 11 is 4.22. The van der Waals surface area contributed by atoms with Crippen LogP contribution in [0.4, 0.5) is 0 Å². The third-order valence-electron chi connectivity index (χ3n) is 2.92. The molecule has 1 aliphatic heterocycles. The summed E-state index contributed by atoms with van der Waals surface area (Å²) in [4.78, 5) is 25.2. The summed E-state index contributed by atoms with van der Waals surface area (Å²) < 4.78 is 0. The van der Waals surface area contributed by atoms with Crippen molar-refractivity contribution in [3.63, 3.8) is 0 Å². The van der Waals surface area contributed by atoms with E-state index >= 15 is 0 Å². The van der Waals surface area contributed by atoms with Crippen molar-refractivity contribution in [2.45, 2.75) is 37.9 Å². The van der Waals surface area contributed by atoms with E-state index in [2.05, 4.69) is 12.6 Å². The number of hydrogen-bond donors (Lipinski definition) is 1. The first-order valence-corrected chi connectivity index (χ1v) is 5.89. The van der Waals surface area contributed by atoms with E-state index in [1.54, 1.807) is 0 Å². The predicted molar refractivity (Wildman–Crippen MR) is 60.7 cm³/mol. The summed E-state index contributed by atoms with van der Waals surface area (Å²) in [5.41, 5.74) is 1.53. The predicted octanol–water partition coefficient (Wildman–Crippen LogP) is 1.54. The quantitative estimate of drug-likeness (QED) is 0.572. The molecule has 0 aromatic rings. The highest BCUT2D eigenvalue weighted by molar-refractivity contribution is 7.80. The molecule has 2 amide bonds. The normalized spacial score (nSPS) is 23.5. The molecule has 0 aromatic carbocycles. The van der Waals surface area contributed by atoms with Gasteiger partial charge in [-0.05, 0) is 25.7 Å². The molecule has 4 heteroatoms. The molecule has 1 heterocycles. The molecule has 3 nitrogen and oxygen atoms in total. The van der Waals surface area contributed by atoms with Gasteiger partial charge in [-0.2, -0.15) is 12.6 Å². The van der Waals surface area contributed by atoms with Crippen molar-refractivity contribution < 1.29 is 9.59 Å². The highest BCUT2D eigenvalue weighted by Gasteiger charge is 2.38. The minimum Gasteiger partial charge on any atom is -0.274 e. The van der Waals surface area contributed by atoms with Crippen LogP contribution in [0.2, 0.25) is 0 Å². The van der Waals surface area contributed by atoms with Crippen molar-refractivity contribution >= 4 is 24.4 Å². The molecule has 0 saturated heterocycles. The molecule has 0 aromatic heterocycles. The van der Waals surface area contributed by atoms with E-state index in [4.69, 9.17) is 0 Å². The number of amides is 2. The van der Waals surface area contributed by atoms with Crippen LogP contribution in [-0.2, 0) is 9.59 Å². The van der Waals surface area contributed by atoms with E-state index in [1.165, 1.54) is 4.90 Å². The topological polar surface area (TPSA) is 37.4 Å². The number of carbonyl (C=O) groups excluding carboxylic acids is 2. The van der Waals surface area contributed by atoms with Crippen LogP contribution in [0.3, 0.4) is 0 Å². The zero-order chi connectivity index (χ0) is 11.0. The van der Waals surface area contributed by atoms with Gasteiger partial charge in [0.15, 0.2) is 0 Å². The molecule has 0 radical (unpaired) electrons. The van der Waals surface area contributed by atoms with Gasteiger partial charge in [-0.25, -0.2) is 0 Å². The van der Waals surface area contributed by atoms with Gasteiger partial charge in [-0.1, -0.05) is 6.92 Å². The number of nitrogens with zero attached hydrogens (tertiary/aromatic N) is 1. The molecule has 82 valence electrons. The van der Waals surface area contributed by atoms with Crippen molar-refractivity contribution in [1.29, 1.82) is 0 Å². The molecule has 0 spiro atoms. The maximum absolute atomic E-state index is 11.9. The average Bonchev–Trinajstić information content (AvgIpc) is 2.44. The Morgan fingerprint density at radius 1 is 1.20 bits per heavy atom. The third-order valence-corrected chi connectivity index (χ3v) is 3.08. The molecule has 0 fully saturated rings. The zero-order valence-corrected chi connectivity index (χ0v) is 9.72. The van der Waals surface area contributed by atoms with E-state index in [1.807, 2.05) is 6.92 Å². The van der Waals surface area contributed by atoms with Gasteiger partial charge in [0, 0.05) is 22.9 Å². The van der Waals surface area contributed by atoms with Gasteiger partial charge >= 0.3 is 0 Å². The minimum absolute atomic E-state index is 0.0410. The molecule has 0 N–H and O–H groups in total. The van der Waals surface area contributed by atoms with E-state index in [0.29, 0.717) is 6.54 Å². The van der Waals surface area contributed by atoms with Crippen LogP contribution in [0.5, 0.6) is 0 Å². The first kappa shape index (κ1) is 10.7. The van der Waals surface area contributed by atoms with Gasteiger partial charge < -0.3 is 0 Å². The Morgan fingerprint density at radius 2 is 1.67 bits per heavy atom. The maximum atomic E-state index is 11.9. The lowest BCUT2D eigenvalue weighted by atomic mass is 9.93. The summed E-state index contributed by atoms with van der Waals surface area (Å²) in [5.74, 6) is -0.147. The summed E-state index contributed by atoms with van der Waals surface area (Å²) in [7, 11) is 0. The summed E-state index contributed by atoms with van der Waals surface area (Å²) in [6, 6.07) is 0. The van der Waals surface area contributed by atoms with Crippen LogP contribution in [0.25, 0.3) is 0 Å². The van der Waals surface area contributed by atoms with Gasteiger partial charge in [0.2, 0.25) is 0 Å². The monoisotopic (exact) mass is 225 g/mol. The second kappa shape index (κ2) is 4.00. The Labute approximate surface area is 94.9 Å². The fraction of sp³-hybridized carbons (Fsp3) is 0.636. The highest BCUT2D eigenvalue weighted by Crippen LogP contribution is 2.32. The number of rotatable bonds is 2. The van der Waals surface area contributed by atoms with Crippen LogP contribution >= 0.6 is 12.6 Å². The van der Waals surface area contributed by atoms with Crippen LogP contribution in [0.1, 0.15) is 32.6 Å². The molecular formula is C11H15NO2S. The second-order valence-corrected chi connectivity index (χ2v) is 5.12. The molecule has 0 saturated carbocycles. The Balaban J connectivity index is 2.22. The zero-order valence-electron chi connectivity index (χ0n) is 8.82. The van der Waals surface area contributed by atoms with Crippen molar-refractivity contribution in [3.05, 3.63) is 11.1 Å². The van der Waals surface area contributed by atoms with Crippen LogP contribution in [0, 0.1) is 0 Å². The summed E-state index contributed by atoms with van der Waals surface area (Å²) in [5, 5.41) is 0.0410. The second-order valence-electron chi connectivity index (χ2n) is 4.23. The largest absolute Gasteiger partial charge is 0.274 e. The van der Waals surface area contributed by atoms with Crippen LogP contribution in [-0.4, -0.2) is 28.5 Å². The van der Waals surface area contributed by atoms with Crippen LogP contribution in [0.15, 0.2) is 11.1 Å². The van der Waals surface area contributed by atoms with E-state index in [-0.39, 0.29) is 17.1 Å². The lowest BCUT2D eigenvalue weighted by Gasteiger charge is -2.16. The minimum atomic E-state index is -0.0735. The number of imide groups is 1.